The molecule has 2 aliphatic rings. The Morgan fingerprint density at radius 1 is 1.00 bits per heavy atom. The molecule has 0 bridgehead atoms. The predicted molar refractivity (Wildman–Crippen MR) is 53.4 cm³/mol. The van der Waals surface area contributed by atoms with Crippen LogP contribution in [0.25, 0.3) is 0 Å². The Bertz CT molecular complexity index is 121. The second kappa shape index (κ2) is 4.94. The van der Waals surface area contributed by atoms with Gasteiger partial charge in [-0.15, -0.1) is 0 Å². The van der Waals surface area contributed by atoms with Crippen LogP contribution in [0.4, 0.5) is 0 Å². The summed E-state index contributed by atoms with van der Waals surface area (Å²) in [7, 11) is 0. The van der Waals surface area contributed by atoms with Crippen LogP contribution in [0.3, 0.4) is 0 Å². The van der Waals surface area contributed by atoms with Crippen molar-refractivity contribution in [2.75, 3.05) is 26.2 Å². The molecule has 1 saturated heterocycles. The number of piperazine rings is 1. The normalized spacial score (nSPS) is 27.7. The van der Waals surface area contributed by atoms with E-state index >= 15 is 0 Å². The minimum atomic E-state index is 0.756. The van der Waals surface area contributed by atoms with Crippen LogP contribution >= 0.6 is 0 Å². The Morgan fingerprint density at radius 3 is 2.38 bits per heavy atom. The summed E-state index contributed by atoms with van der Waals surface area (Å²) < 4.78 is 0. The van der Waals surface area contributed by atoms with Gasteiger partial charge in [-0.25, -0.2) is 10.3 Å². The van der Waals surface area contributed by atoms with Crippen LogP contribution in [0, 0.1) is 0 Å². The first-order valence-electron chi connectivity index (χ1n) is 5.59. The molecule has 2 rings (SSSR count). The zero-order valence-corrected chi connectivity index (χ0v) is 8.34. The van der Waals surface area contributed by atoms with E-state index in [0.717, 1.165) is 32.2 Å². The van der Waals surface area contributed by atoms with Crippen LogP contribution in [0.2, 0.25) is 0 Å². The van der Waals surface area contributed by atoms with E-state index in [9.17, 15) is 0 Å². The number of hydrazine groups is 1. The topological polar surface area (TPSA) is 29.4 Å². The van der Waals surface area contributed by atoms with Gasteiger partial charge in [-0.3, -0.25) is 5.43 Å². The van der Waals surface area contributed by atoms with Gasteiger partial charge in [-0.05, 0) is 12.8 Å². The molecule has 1 saturated carbocycles. The lowest BCUT2D eigenvalue weighted by Crippen LogP contribution is -2.52. The van der Waals surface area contributed by atoms with E-state index in [1.165, 1.54) is 32.1 Å². The molecule has 1 N–H and O–H groups in total. The summed E-state index contributed by atoms with van der Waals surface area (Å²) in [4.78, 5) is 0. The molecule has 0 amide bonds. The van der Waals surface area contributed by atoms with Crippen molar-refractivity contribution in [1.29, 1.82) is 0 Å². The van der Waals surface area contributed by atoms with Crippen molar-refractivity contribution < 1.29 is 0 Å². The molecular formula is C10H20N3. The lowest BCUT2D eigenvalue weighted by atomic mass is 9.96. The Hall–Kier alpha value is -0.120. The first-order chi connectivity index (χ1) is 6.45. The van der Waals surface area contributed by atoms with Crippen LogP contribution < -0.4 is 10.7 Å². The summed E-state index contributed by atoms with van der Waals surface area (Å²) in [5.74, 6) is 0. The van der Waals surface area contributed by atoms with Gasteiger partial charge >= 0.3 is 0 Å². The molecule has 13 heavy (non-hydrogen) atoms. The summed E-state index contributed by atoms with van der Waals surface area (Å²) in [5, 5.41) is 6.70. The maximum absolute atomic E-state index is 4.34. The molecule has 2 fully saturated rings. The van der Waals surface area contributed by atoms with Crippen LogP contribution in [0.5, 0.6) is 0 Å². The van der Waals surface area contributed by atoms with E-state index in [2.05, 4.69) is 15.8 Å². The minimum Gasteiger partial charge on any atom is -0.252 e. The van der Waals surface area contributed by atoms with Gasteiger partial charge in [0.15, 0.2) is 0 Å². The van der Waals surface area contributed by atoms with Gasteiger partial charge in [0, 0.05) is 32.2 Å². The van der Waals surface area contributed by atoms with E-state index in [1.807, 2.05) is 0 Å². The molecule has 1 aliphatic heterocycles. The quantitative estimate of drug-likeness (QED) is 0.682. The molecular weight excluding hydrogens is 162 g/mol. The maximum atomic E-state index is 4.34. The monoisotopic (exact) mass is 182 g/mol. The molecule has 0 aromatic heterocycles. The van der Waals surface area contributed by atoms with Gasteiger partial charge in [0.25, 0.3) is 0 Å². The third kappa shape index (κ3) is 2.93. The summed E-state index contributed by atoms with van der Waals surface area (Å²) in [6.45, 7) is 4.24. The fourth-order valence-electron chi connectivity index (χ4n) is 2.23. The molecule has 0 aromatic rings. The first kappa shape index (κ1) is 9.44. The Kier molecular flexibility index (Phi) is 3.58. The number of nitrogens with one attached hydrogen (secondary N) is 1. The Balaban J connectivity index is 1.69. The van der Waals surface area contributed by atoms with Gasteiger partial charge < -0.3 is 0 Å². The number of rotatable bonds is 2. The summed E-state index contributed by atoms with van der Waals surface area (Å²) in [6.07, 6.45) is 7.00. The molecule has 75 valence electrons. The second-order valence-corrected chi connectivity index (χ2v) is 4.12. The summed E-state index contributed by atoms with van der Waals surface area (Å²) >= 11 is 0. The zero-order chi connectivity index (χ0) is 8.93. The van der Waals surface area contributed by atoms with Gasteiger partial charge in [-0.2, -0.15) is 0 Å². The fraction of sp³-hybridized carbons (Fsp3) is 1.00. The third-order valence-corrected chi connectivity index (χ3v) is 3.03. The molecule has 1 aliphatic carbocycles. The summed E-state index contributed by atoms with van der Waals surface area (Å²) in [6, 6.07) is 0.756. The highest BCUT2D eigenvalue weighted by molar-refractivity contribution is 4.73. The molecule has 0 aromatic carbocycles. The number of nitrogens with zero attached hydrogens (tertiary/aromatic N) is 2. The fourth-order valence-corrected chi connectivity index (χ4v) is 2.23. The lowest BCUT2D eigenvalue weighted by Gasteiger charge is -2.33. The average Bonchev–Trinajstić information content (AvgIpc) is 2.21. The van der Waals surface area contributed by atoms with Gasteiger partial charge in [-0.1, -0.05) is 19.3 Å². The van der Waals surface area contributed by atoms with E-state index in [1.54, 1.807) is 0 Å². The maximum Gasteiger partial charge on any atom is 0.0275 e. The van der Waals surface area contributed by atoms with Crippen molar-refractivity contribution in [3.63, 3.8) is 0 Å². The van der Waals surface area contributed by atoms with Crippen molar-refractivity contribution in [2.45, 2.75) is 38.1 Å². The lowest BCUT2D eigenvalue weighted by molar-refractivity contribution is 0.121. The smallest absolute Gasteiger partial charge is 0.0275 e. The number of hydrogen-bond donors (Lipinski definition) is 1. The molecule has 3 nitrogen and oxygen atoms in total. The zero-order valence-electron chi connectivity index (χ0n) is 8.34. The average molecular weight is 182 g/mol. The Labute approximate surface area is 80.8 Å². The van der Waals surface area contributed by atoms with Crippen molar-refractivity contribution in [1.82, 2.24) is 15.8 Å². The van der Waals surface area contributed by atoms with Crippen LogP contribution in [-0.4, -0.2) is 37.2 Å². The predicted octanol–water partition coefficient (Wildman–Crippen LogP) is 0.744. The third-order valence-electron chi connectivity index (χ3n) is 3.03. The summed E-state index contributed by atoms with van der Waals surface area (Å²) in [5.41, 5.74) is 3.63. The van der Waals surface area contributed by atoms with Gasteiger partial charge in [0.2, 0.25) is 0 Å². The van der Waals surface area contributed by atoms with Crippen LogP contribution in [0.15, 0.2) is 0 Å². The van der Waals surface area contributed by atoms with Crippen LogP contribution in [-0.2, 0) is 0 Å². The van der Waals surface area contributed by atoms with E-state index in [0.29, 0.717) is 0 Å². The minimum absolute atomic E-state index is 0.756. The molecule has 0 spiro atoms. The molecule has 1 radical (unpaired) electrons. The highest BCUT2D eigenvalue weighted by Gasteiger charge is 2.17. The Morgan fingerprint density at radius 2 is 1.69 bits per heavy atom. The van der Waals surface area contributed by atoms with E-state index in [4.69, 9.17) is 0 Å². The standard InChI is InChI=1S/C10H20N3/c1-2-4-10(5-3-1)12-13-8-6-11-7-9-13/h10,12H,1-9H2. The molecule has 0 unspecified atom stereocenters. The SMILES string of the molecule is C1CCC(NN2CC[N]CC2)CC1. The molecule has 0 atom stereocenters. The second-order valence-electron chi connectivity index (χ2n) is 4.12. The molecule has 3 heteroatoms. The van der Waals surface area contributed by atoms with Crippen molar-refractivity contribution in [3.05, 3.63) is 0 Å². The van der Waals surface area contributed by atoms with Crippen molar-refractivity contribution >= 4 is 0 Å². The highest BCUT2D eigenvalue weighted by atomic mass is 15.5. The first-order valence-corrected chi connectivity index (χ1v) is 5.59. The van der Waals surface area contributed by atoms with Crippen molar-refractivity contribution in [2.24, 2.45) is 0 Å². The van der Waals surface area contributed by atoms with E-state index in [-0.39, 0.29) is 0 Å². The van der Waals surface area contributed by atoms with E-state index < -0.39 is 0 Å². The van der Waals surface area contributed by atoms with Crippen molar-refractivity contribution in [3.8, 4) is 0 Å². The largest absolute Gasteiger partial charge is 0.252 e. The van der Waals surface area contributed by atoms with Gasteiger partial charge in [0.05, 0.1) is 0 Å². The highest BCUT2D eigenvalue weighted by Crippen LogP contribution is 2.17. The van der Waals surface area contributed by atoms with Crippen LogP contribution in [0.1, 0.15) is 32.1 Å². The molecule has 1 heterocycles. The number of hydrogen-bond acceptors (Lipinski definition) is 2. The van der Waals surface area contributed by atoms with Gasteiger partial charge in [0.1, 0.15) is 0 Å².